The Labute approximate surface area is 183 Å². The molecule has 0 aliphatic heterocycles. The number of pyridine rings is 1. The molecule has 166 valence electrons. The maximum atomic E-state index is 12.5. The van der Waals surface area contributed by atoms with Crippen LogP contribution >= 0.6 is 23.2 Å². The summed E-state index contributed by atoms with van der Waals surface area (Å²) in [7, 11) is 1.08. The van der Waals surface area contributed by atoms with Gasteiger partial charge in [-0.25, -0.2) is 9.78 Å². The molecule has 0 aliphatic rings. The summed E-state index contributed by atoms with van der Waals surface area (Å²) in [4.78, 5) is 38.5. The van der Waals surface area contributed by atoms with Gasteiger partial charge in [-0.1, -0.05) is 23.2 Å². The molecule has 14 heteroatoms. The number of nitrogens with zero attached hydrogens (tertiary/aromatic N) is 2. The van der Waals surface area contributed by atoms with Gasteiger partial charge in [0.2, 0.25) is 0 Å². The highest BCUT2D eigenvalue weighted by atomic mass is 35.5. The van der Waals surface area contributed by atoms with E-state index in [4.69, 9.17) is 32.7 Å². The van der Waals surface area contributed by atoms with E-state index >= 15 is 0 Å². The molecule has 0 unspecified atom stereocenters. The van der Waals surface area contributed by atoms with Gasteiger partial charge in [0.25, 0.3) is 11.6 Å². The lowest BCUT2D eigenvalue weighted by Gasteiger charge is -2.12. The van der Waals surface area contributed by atoms with Crippen LogP contribution in [-0.2, 0) is 9.53 Å². The fraction of sp³-hybridized carbons (Fsp3) is 0.235. The SMILES string of the molecule is COc1cc(C(=O)OCC(=O)Nc2nc(C)c(Cl)cc2Cl)c([N+](=O)[O-])cc1OC(F)F. The standard InChI is InChI=1S/C17H13Cl2F2N3O7/c1-7-9(18)4-10(19)15(22-7)23-14(25)6-30-16(26)8-3-12(29-2)13(31-17(20)21)5-11(8)24(27)28/h3-5,17H,6H2,1-2H3,(H,22,23,25). The lowest BCUT2D eigenvalue weighted by molar-refractivity contribution is -0.385. The first kappa shape index (κ1) is 24.0. The maximum absolute atomic E-state index is 12.5. The monoisotopic (exact) mass is 479 g/mol. The normalized spacial score (nSPS) is 10.5. The number of hydrogen-bond acceptors (Lipinski definition) is 8. The summed E-state index contributed by atoms with van der Waals surface area (Å²) in [6.07, 6.45) is 0. The number of halogens is 4. The number of aromatic nitrogens is 1. The van der Waals surface area contributed by atoms with Crippen molar-refractivity contribution in [2.75, 3.05) is 19.0 Å². The molecule has 0 saturated carbocycles. The largest absolute Gasteiger partial charge is 0.493 e. The second kappa shape index (κ2) is 10.2. The number of methoxy groups -OCH3 is 1. The summed E-state index contributed by atoms with van der Waals surface area (Å²) in [6.45, 7) is -2.57. The molecule has 1 heterocycles. The summed E-state index contributed by atoms with van der Waals surface area (Å²) < 4.78 is 38.7. The first-order valence-electron chi connectivity index (χ1n) is 8.14. The molecule has 0 spiro atoms. The highest BCUT2D eigenvalue weighted by Crippen LogP contribution is 2.36. The van der Waals surface area contributed by atoms with Gasteiger partial charge in [0.05, 0.1) is 33.8 Å². The molecule has 1 aromatic carbocycles. The Morgan fingerprint density at radius 2 is 1.90 bits per heavy atom. The molecule has 1 aromatic heterocycles. The molecule has 1 amide bonds. The zero-order valence-electron chi connectivity index (χ0n) is 15.8. The van der Waals surface area contributed by atoms with Crippen LogP contribution in [0.25, 0.3) is 0 Å². The van der Waals surface area contributed by atoms with Gasteiger partial charge in [-0.05, 0) is 13.0 Å². The van der Waals surface area contributed by atoms with Crippen LogP contribution in [0.15, 0.2) is 18.2 Å². The Morgan fingerprint density at radius 1 is 1.23 bits per heavy atom. The van der Waals surface area contributed by atoms with Crippen LogP contribution in [0, 0.1) is 17.0 Å². The van der Waals surface area contributed by atoms with Gasteiger partial charge in [-0.3, -0.25) is 14.9 Å². The van der Waals surface area contributed by atoms with Crippen molar-refractivity contribution in [1.82, 2.24) is 4.98 Å². The number of esters is 1. The number of anilines is 1. The molecule has 0 bridgehead atoms. The number of carbonyl (C=O) groups is 2. The van der Waals surface area contributed by atoms with Gasteiger partial charge < -0.3 is 19.5 Å². The van der Waals surface area contributed by atoms with Gasteiger partial charge in [0, 0.05) is 6.07 Å². The van der Waals surface area contributed by atoms with Crippen molar-refractivity contribution in [2.24, 2.45) is 0 Å². The smallest absolute Gasteiger partial charge is 0.387 e. The van der Waals surface area contributed by atoms with Crippen molar-refractivity contribution in [3.8, 4) is 11.5 Å². The molecule has 0 fully saturated rings. The van der Waals surface area contributed by atoms with Crippen LogP contribution in [0.2, 0.25) is 10.0 Å². The molecule has 0 aliphatic carbocycles. The van der Waals surface area contributed by atoms with E-state index in [1.807, 2.05) is 0 Å². The van der Waals surface area contributed by atoms with Crippen molar-refractivity contribution >= 4 is 46.6 Å². The van der Waals surface area contributed by atoms with Crippen LogP contribution in [-0.4, -0.2) is 42.1 Å². The third kappa shape index (κ3) is 6.12. The van der Waals surface area contributed by atoms with Crippen LogP contribution in [0.1, 0.15) is 16.1 Å². The Kier molecular flexibility index (Phi) is 7.89. The number of nitro groups is 1. The van der Waals surface area contributed by atoms with E-state index in [1.54, 1.807) is 6.92 Å². The number of hydrogen-bond donors (Lipinski definition) is 1. The number of aryl methyl sites for hydroxylation is 1. The highest BCUT2D eigenvalue weighted by molar-refractivity contribution is 6.36. The highest BCUT2D eigenvalue weighted by Gasteiger charge is 2.27. The minimum Gasteiger partial charge on any atom is -0.493 e. The number of carbonyl (C=O) groups excluding carboxylic acids is 2. The van der Waals surface area contributed by atoms with E-state index in [1.165, 1.54) is 6.07 Å². The fourth-order valence-corrected chi connectivity index (χ4v) is 2.64. The average molecular weight is 480 g/mol. The molecule has 0 saturated heterocycles. The van der Waals surface area contributed by atoms with E-state index in [9.17, 15) is 28.5 Å². The van der Waals surface area contributed by atoms with E-state index in [0.717, 1.165) is 13.2 Å². The molecular weight excluding hydrogens is 467 g/mol. The third-order valence-electron chi connectivity index (χ3n) is 3.61. The first-order valence-corrected chi connectivity index (χ1v) is 8.90. The van der Waals surface area contributed by atoms with Gasteiger partial charge in [0.15, 0.2) is 23.9 Å². The Balaban J connectivity index is 2.18. The second-order valence-corrected chi connectivity index (χ2v) is 6.48. The third-order valence-corrected chi connectivity index (χ3v) is 4.28. The van der Waals surface area contributed by atoms with Crippen molar-refractivity contribution < 1.29 is 37.5 Å². The number of amides is 1. The van der Waals surface area contributed by atoms with E-state index in [-0.39, 0.29) is 21.6 Å². The van der Waals surface area contributed by atoms with Gasteiger partial charge in [-0.15, -0.1) is 0 Å². The summed E-state index contributed by atoms with van der Waals surface area (Å²) in [5.41, 5.74) is -1.15. The molecule has 1 N–H and O–H groups in total. The zero-order valence-corrected chi connectivity index (χ0v) is 17.3. The summed E-state index contributed by atoms with van der Waals surface area (Å²) in [6, 6.07) is 2.73. The number of alkyl halides is 2. The summed E-state index contributed by atoms with van der Waals surface area (Å²) >= 11 is 11.8. The zero-order chi connectivity index (χ0) is 23.3. The Morgan fingerprint density at radius 3 is 2.48 bits per heavy atom. The Hall–Kier alpha value is -3.25. The molecule has 2 rings (SSSR count). The van der Waals surface area contributed by atoms with Gasteiger partial charge in [-0.2, -0.15) is 8.78 Å². The van der Waals surface area contributed by atoms with Crippen molar-refractivity contribution in [3.05, 3.63) is 49.6 Å². The predicted octanol–water partition coefficient (Wildman–Crippen LogP) is 4.01. The molecular formula is C17H13Cl2F2N3O7. The number of rotatable bonds is 8. The topological polar surface area (TPSA) is 130 Å². The lowest BCUT2D eigenvalue weighted by Crippen LogP contribution is -2.22. The molecule has 0 atom stereocenters. The van der Waals surface area contributed by atoms with Gasteiger partial charge in [0.1, 0.15) is 5.56 Å². The quantitative estimate of drug-likeness (QED) is 0.341. The Bertz CT molecular complexity index is 1040. The predicted molar refractivity (Wildman–Crippen MR) is 104 cm³/mol. The van der Waals surface area contributed by atoms with Gasteiger partial charge >= 0.3 is 12.6 Å². The van der Waals surface area contributed by atoms with Crippen LogP contribution in [0.3, 0.4) is 0 Å². The summed E-state index contributed by atoms with van der Waals surface area (Å²) in [5.74, 6) is -3.20. The lowest BCUT2D eigenvalue weighted by atomic mass is 10.1. The minimum absolute atomic E-state index is 0.0327. The first-order chi connectivity index (χ1) is 14.5. The van der Waals surface area contributed by atoms with Crippen LogP contribution in [0.4, 0.5) is 20.3 Å². The number of nitro benzene ring substituents is 1. The van der Waals surface area contributed by atoms with Crippen LogP contribution < -0.4 is 14.8 Å². The van der Waals surface area contributed by atoms with Crippen LogP contribution in [0.5, 0.6) is 11.5 Å². The minimum atomic E-state index is -3.29. The summed E-state index contributed by atoms with van der Waals surface area (Å²) in [5, 5.41) is 13.8. The number of nitrogens with one attached hydrogen (secondary N) is 1. The number of benzene rings is 1. The molecule has 2 aromatic rings. The molecule has 0 radical (unpaired) electrons. The van der Waals surface area contributed by atoms with Crippen molar-refractivity contribution in [2.45, 2.75) is 13.5 Å². The van der Waals surface area contributed by atoms with E-state index in [0.29, 0.717) is 11.8 Å². The van der Waals surface area contributed by atoms with E-state index < -0.39 is 47.0 Å². The number of ether oxygens (including phenoxy) is 3. The average Bonchev–Trinajstić information content (AvgIpc) is 2.69. The fourth-order valence-electron chi connectivity index (χ4n) is 2.23. The molecule has 31 heavy (non-hydrogen) atoms. The van der Waals surface area contributed by atoms with E-state index in [2.05, 4.69) is 15.0 Å². The second-order valence-electron chi connectivity index (χ2n) is 5.67. The maximum Gasteiger partial charge on any atom is 0.387 e. The van der Waals surface area contributed by atoms with Crippen molar-refractivity contribution in [3.63, 3.8) is 0 Å². The van der Waals surface area contributed by atoms with Crippen molar-refractivity contribution in [1.29, 1.82) is 0 Å². The molecule has 10 nitrogen and oxygen atoms in total.